The van der Waals surface area contributed by atoms with Crippen molar-refractivity contribution in [2.24, 2.45) is 21.7 Å². The number of rotatable bonds is 0. The zero-order valence-electron chi connectivity index (χ0n) is 6.10. The van der Waals surface area contributed by atoms with E-state index in [0.717, 1.165) is 0 Å². The number of carbonyl (C=O) groups is 2. The molecule has 12 heavy (non-hydrogen) atoms. The van der Waals surface area contributed by atoms with Gasteiger partial charge < -0.3 is 22.4 Å². The summed E-state index contributed by atoms with van der Waals surface area (Å²) in [6, 6.07) is -2.08. The molecule has 0 bridgehead atoms. The van der Waals surface area contributed by atoms with Crippen LogP contribution < -0.4 is 11.5 Å². The fourth-order valence-electron chi connectivity index (χ4n) is 0.0986. The van der Waals surface area contributed by atoms with Gasteiger partial charge in [0.25, 0.3) is 0 Å². The molecule has 0 aliphatic carbocycles. The van der Waals surface area contributed by atoms with Crippen molar-refractivity contribution < 1.29 is 59.5 Å². The molecule has 4 amide bonds. The molecule has 0 aromatic rings. The van der Waals surface area contributed by atoms with Gasteiger partial charge in [-0.3, -0.25) is 0 Å². The number of carbonyl (C=O) groups excluding carboxylic acids is 2. The topological polar surface area (TPSA) is 168 Å². The Balaban J connectivity index is -0.0000000408. The van der Waals surface area contributed by atoms with E-state index in [2.05, 4.69) is 21.7 Å². The van der Waals surface area contributed by atoms with Crippen molar-refractivity contribution in [3.05, 3.63) is 0 Å². The molecule has 0 aromatic carbocycles. The van der Waals surface area contributed by atoms with E-state index in [4.69, 9.17) is 0 Å². The van der Waals surface area contributed by atoms with Crippen LogP contribution in [0.25, 0.3) is 0 Å². The standard InChI is InChI=1S/C2H4N4O2.2O.2Zn/c3-1(7)5-6-2(4)8;;;;/h(H2,3,7)(H2,4,8);;;;/q;2*-2;2*+2. The fraction of sp³-hybridized carbons (Fsp3) is 0. The van der Waals surface area contributed by atoms with Crippen molar-refractivity contribution in [1.82, 2.24) is 0 Å². The Morgan fingerprint density at radius 3 is 1.08 bits per heavy atom. The molecule has 0 aromatic heterocycles. The van der Waals surface area contributed by atoms with Crippen LogP contribution in [0.4, 0.5) is 9.59 Å². The minimum Gasteiger partial charge on any atom is -2.00 e. The van der Waals surface area contributed by atoms with Crippen molar-refractivity contribution >= 4 is 12.1 Å². The van der Waals surface area contributed by atoms with Crippen LogP contribution in [-0.2, 0) is 49.9 Å². The van der Waals surface area contributed by atoms with Gasteiger partial charge in [0.1, 0.15) is 0 Å². The second kappa shape index (κ2) is 17.0. The third kappa shape index (κ3) is 33.2. The average molecular weight is 279 g/mol. The van der Waals surface area contributed by atoms with Crippen LogP contribution in [0.5, 0.6) is 0 Å². The summed E-state index contributed by atoms with van der Waals surface area (Å²) in [7, 11) is 0. The minimum absolute atomic E-state index is 0. The van der Waals surface area contributed by atoms with Crippen LogP contribution >= 0.6 is 0 Å². The Hall–Kier alpha value is -0.293. The quantitative estimate of drug-likeness (QED) is 0.444. The monoisotopic (exact) mass is 276 g/mol. The number of nitrogens with zero attached hydrogens (tertiary/aromatic N) is 2. The van der Waals surface area contributed by atoms with Crippen molar-refractivity contribution in [3.63, 3.8) is 0 Å². The number of primary amides is 2. The number of hydrogen-bond acceptors (Lipinski definition) is 2. The number of urea groups is 2. The molecule has 0 saturated carbocycles. The second-order valence-electron chi connectivity index (χ2n) is 0.876. The van der Waals surface area contributed by atoms with Crippen molar-refractivity contribution in [1.29, 1.82) is 0 Å². The van der Waals surface area contributed by atoms with Crippen molar-refractivity contribution in [3.8, 4) is 0 Å². The van der Waals surface area contributed by atoms with E-state index in [-0.39, 0.29) is 49.9 Å². The van der Waals surface area contributed by atoms with Gasteiger partial charge in [-0.1, -0.05) is 10.2 Å². The van der Waals surface area contributed by atoms with Crippen LogP contribution in [0.15, 0.2) is 10.2 Å². The van der Waals surface area contributed by atoms with Gasteiger partial charge in [0.05, 0.1) is 0 Å². The van der Waals surface area contributed by atoms with Crippen LogP contribution in [0.2, 0.25) is 0 Å². The molecule has 0 aliphatic rings. The van der Waals surface area contributed by atoms with E-state index >= 15 is 0 Å². The first-order chi connectivity index (χ1) is 3.63. The predicted molar refractivity (Wildman–Crippen MR) is 25.4 cm³/mol. The first kappa shape index (κ1) is 29.8. The molecule has 0 unspecified atom stereocenters. The largest absolute Gasteiger partial charge is 2.00 e. The molecule has 4 N–H and O–H groups in total. The first-order valence-corrected chi connectivity index (χ1v) is 1.63. The Kier molecular flexibility index (Phi) is 42.2. The number of nitrogens with two attached hydrogens (primary N) is 2. The van der Waals surface area contributed by atoms with Gasteiger partial charge in [0, 0.05) is 0 Å². The maximum Gasteiger partial charge on any atom is 2.00 e. The Labute approximate surface area is 93.3 Å². The fourth-order valence-corrected chi connectivity index (χ4v) is 0.0986. The molecule has 0 radical (unpaired) electrons. The van der Waals surface area contributed by atoms with Gasteiger partial charge in [-0.15, -0.1) is 0 Å². The number of azo groups is 1. The molecule has 10 heteroatoms. The van der Waals surface area contributed by atoms with Crippen LogP contribution in [0.3, 0.4) is 0 Å². The molecule has 0 atom stereocenters. The van der Waals surface area contributed by atoms with Crippen LogP contribution in [0.1, 0.15) is 0 Å². The molecule has 0 heterocycles. The van der Waals surface area contributed by atoms with E-state index < -0.39 is 12.1 Å². The van der Waals surface area contributed by atoms with E-state index in [0.29, 0.717) is 0 Å². The number of amides is 4. The third-order valence-corrected chi connectivity index (χ3v) is 0.247. The molecule has 8 nitrogen and oxygen atoms in total. The maximum atomic E-state index is 9.66. The summed E-state index contributed by atoms with van der Waals surface area (Å²) in [6.45, 7) is 0. The summed E-state index contributed by atoms with van der Waals surface area (Å²) < 4.78 is 0. The molecule has 0 aliphatic heterocycles. The summed E-state index contributed by atoms with van der Waals surface area (Å²) >= 11 is 0. The zero-order chi connectivity index (χ0) is 6.57. The van der Waals surface area contributed by atoms with E-state index in [1.54, 1.807) is 0 Å². The molecular weight excluding hydrogens is 275 g/mol. The van der Waals surface area contributed by atoms with Gasteiger partial charge in [-0.05, 0) is 0 Å². The van der Waals surface area contributed by atoms with Gasteiger partial charge in [-0.25, -0.2) is 9.59 Å². The SMILES string of the molecule is NC(=O)N=NC(N)=O.[O-2].[O-2].[Zn+2].[Zn+2]. The Morgan fingerprint density at radius 2 is 1.00 bits per heavy atom. The Morgan fingerprint density at radius 1 is 0.833 bits per heavy atom. The molecule has 0 fully saturated rings. The number of hydrogen-bond donors (Lipinski definition) is 2. The van der Waals surface area contributed by atoms with Crippen molar-refractivity contribution in [2.75, 3.05) is 0 Å². The zero-order valence-corrected chi connectivity index (χ0v) is 12.0. The summed E-state index contributed by atoms with van der Waals surface area (Å²) in [6.07, 6.45) is 0. The van der Waals surface area contributed by atoms with Gasteiger partial charge >= 0.3 is 51.0 Å². The first-order valence-electron chi connectivity index (χ1n) is 1.63. The Bertz CT molecular complexity index is 134. The van der Waals surface area contributed by atoms with E-state index in [1.165, 1.54) is 0 Å². The average Bonchev–Trinajstić information content (AvgIpc) is 1.61. The minimum atomic E-state index is -1.04. The molecule has 0 spiro atoms. The third-order valence-electron chi connectivity index (χ3n) is 0.247. The summed E-state index contributed by atoms with van der Waals surface area (Å²) in [4.78, 5) is 19.3. The molecular formula is C2H4N4O4Zn2. The van der Waals surface area contributed by atoms with Gasteiger partial charge in [0.2, 0.25) is 0 Å². The van der Waals surface area contributed by atoms with Crippen LogP contribution in [-0.4, -0.2) is 12.1 Å². The smallest absolute Gasteiger partial charge is 2.00 e. The second-order valence-corrected chi connectivity index (χ2v) is 0.876. The van der Waals surface area contributed by atoms with Gasteiger partial charge in [-0.2, -0.15) is 0 Å². The summed E-state index contributed by atoms with van der Waals surface area (Å²) in [5.74, 6) is 0. The van der Waals surface area contributed by atoms with E-state index in [1.807, 2.05) is 0 Å². The maximum absolute atomic E-state index is 9.66. The summed E-state index contributed by atoms with van der Waals surface area (Å²) in [5, 5.41) is 5.23. The van der Waals surface area contributed by atoms with E-state index in [9.17, 15) is 9.59 Å². The van der Waals surface area contributed by atoms with Gasteiger partial charge in [0.15, 0.2) is 0 Å². The summed E-state index contributed by atoms with van der Waals surface area (Å²) in [5.41, 5.74) is 8.87. The van der Waals surface area contributed by atoms with Crippen molar-refractivity contribution in [2.45, 2.75) is 0 Å². The predicted octanol–water partition coefficient (Wildman–Crippen LogP) is -0.647. The normalized spacial score (nSPS) is 6.33. The molecule has 0 rings (SSSR count). The van der Waals surface area contributed by atoms with Crippen LogP contribution in [0, 0.1) is 0 Å². The molecule has 60 valence electrons. The molecule has 0 saturated heterocycles.